The van der Waals surface area contributed by atoms with Crippen LogP contribution in [0.2, 0.25) is 0 Å². The van der Waals surface area contributed by atoms with E-state index >= 15 is 0 Å². The number of benzene rings is 2. The molecule has 8 heteroatoms. The van der Waals surface area contributed by atoms with E-state index < -0.39 is 0 Å². The van der Waals surface area contributed by atoms with Crippen molar-refractivity contribution in [1.29, 1.82) is 0 Å². The number of anilines is 2. The van der Waals surface area contributed by atoms with Gasteiger partial charge >= 0.3 is 0 Å². The summed E-state index contributed by atoms with van der Waals surface area (Å²) < 4.78 is 11.1. The zero-order chi connectivity index (χ0) is 23.7. The van der Waals surface area contributed by atoms with Gasteiger partial charge in [0.15, 0.2) is 11.5 Å². The number of carbonyl (C=O) groups excluding carboxylic acids is 1. The number of carbonyl (C=O) groups is 1. The van der Waals surface area contributed by atoms with Crippen LogP contribution in [-0.2, 0) is 0 Å². The van der Waals surface area contributed by atoms with E-state index in [1.54, 1.807) is 12.1 Å². The summed E-state index contributed by atoms with van der Waals surface area (Å²) in [6.07, 6.45) is 0. The summed E-state index contributed by atoms with van der Waals surface area (Å²) in [5, 5.41) is 7.36. The number of aryl methyl sites for hydroxylation is 3. The summed E-state index contributed by atoms with van der Waals surface area (Å²) in [6.45, 7) is 6.11. The van der Waals surface area contributed by atoms with Crippen molar-refractivity contribution in [3.8, 4) is 11.5 Å². The number of nitrogens with zero attached hydrogens (tertiary/aromatic N) is 2. The Balaban J connectivity index is 1.56. The van der Waals surface area contributed by atoms with Gasteiger partial charge < -0.3 is 20.1 Å². The van der Waals surface area contributed by atoms with Crippen LogP contribution in [0.3, 0.4) is 0 Å². The first-order valence-electron chi connectivity index (χ1n) is 10.9. The fourth-order valence-corrected chi connectivity index (χ4v) is 4.91. The van der Waals surface area contributed by atoms with Gasteiger partial charge in [0, 0.05) is 27.4 Å². The number of fused-ring (bicyclic) bond motifs is 1. The van der Waals surface area contributed by atoms with E-state index in [9.17, 15) is 4.79 Å². The Bertz CT molecular complexity index is 1330. The molecule has 4 aromatic rings. The highest BCUT2D eigenvalue weighted by Gasteiger charge is 2.25. The Hall–Kier alpha value is -3.91. The van der Waals surface area contributed by atoms with Gasteiger partial charge in [0.2, 0.25) is 12.7 Å². The fourth-order valence-electron chi connectivity index (χ4n) is 3.96. The molecule has 1 aliphatic rings. The van der Waals surface area contributed by atoms with Gasteiger partial charge in [-0.2, -0.15) is 0 Å². The van der Waals surface area contributed by atoms with Gasteiger partial charge in [-0.1, -0.05) is 24.3 Å². The lowest BCUT2D eigenvalue weighted by molar-refractivity contribution is 0.102. The molecule has 0 radical (unpaired) electrons. The molecule has 172 valence electrons. The highest BCUT2D eigenvalue weighted by molar-refractivity contribution is 7.16. The molecule has 7 nitrogen and oxygen atoms in total. The summed E-state index contributed by atoms with van der Waals surface area (Å²) in [4.78, 5) is 23.2. The topological polar surface area (TPSA) is 85.4 Å². The van der Waals surface area contributed by atoms with Gasteiger partial charge in [-0.05, 0) is 62.7 Å². The van der Waals surface area contributed by atoms with Crippen molar-refractivity contribution in [2.45, 2.75) is 26.8 Å². The molecule has 0 saturated carbocycles. The van der Waals surface area contributed by atoms with Crippen molar-refractivity contribution in [2.75, 3.05) is 17.4 Å². The van der Waals surface area contributed by atoms with Crippen LogP contribution in [0.4, 0.5) is 10.9 Å². The van der Waals surface area contributed by atoms with Crippen LogP contribution >= 0.6 is 11.3 Å². The molecule has 0 aliphatic carbocycles. The molecule has 3 heterocycles. The van der Waals surface area contributed by atoms with E-state index in [1.165, 1.54) is 11.3 Å². The molecule has 0 spiro atoms. The monoisotopic (exact) mass is 472 g/mol. The average Bonchev–Trinajstić information content (AvgIpc) is 3.43. The number of aromatic nitrogens is 2. The second-order valence-electron chi connectivity index (χ2n) is 8.13. The number of ether oxygens (including phenoxy) is 2. The molecular weight excluding hydrogens is 448 g/mol. The number of thiophene rings is 1. The lowest BCUT2D eigenvalue weighted by atomic mass is 9.99. The summed E-state index contributed by atoms with van der Waals surface area (Å²) in [5.41, 5.74) is 4.22. The van der Waals surface area contributed by atoms with Crippen LogP contribution in [0.1, 0.15) is 43.8 Å². The van der Waals surface area contributed by atoms with E-state index in [4.69, 9.17) is 9.47 Å². The number of nitrogens with one attached hydrogen (secondary N) is 2. The molecule has 0 bridgehead atoms. The second kappa shape index (κ2) is 9.15. The Labute approximate surface area is 201 Å². The van der Waals surface area contributed by atoms with Gasteiger partial charge in [0.1, 0.15) is 5.00 Å². The maximum absolute atomic E-state index is 12.9. The van der Waals surface area contributed by atoms with Crippen LogP contribution in [0.25, 0.3) is 0 Å². The van der Waals surface area contributed by atoms with Crippen molar-refractivity contribution in [2.24, 2.45) is 0 Å². The van der Waals surface area contributed by atoms with Crippen molar-refractivity contribution < 1.29 is 14.3 Å². The van der Waals surface area contributed by atoms with Crippen LogP contribution < -0.4 is 20.1 Å². The Morgan fingerprint density at radius 3 is 2.44 bits per heavy atom. The van der Waals surface area contributed by atoms with E-state index in [0.29, 0.717) is 23.0 Å². The zero-order valence-electron chi connectivity index (χ0n) is 19.1. The van der Waals surface area contributed by atoms with Gasteiger partial charge in [-0.25, -0.2) is 9.97 Å². The van der Waals surface area contributed by atoms with E-state index in [2.05, 4.69) is 26.7 Å². The van der Waals surface area contributed by atoms with Gasteiger partial charge in [-0.3, -0.25) is 4.79 Å². The lowest BCUT2D eigenvalue weighted by Gasteiger charge is -2.21. The van der Waals surface area contributed by atoms with Crippen molar-refractivity contribution in [3.05, 3.63) is 93.6 Å². The first kappa shape index (κ1) is 21.9. The lowest BCUT2D eigenvalue weighted by Crippen LogP contribution is -2.18. The third-order valence-corrected chi connectivity index (χ3v) is 6.43. The predicted molar refractivity (Wildman–Crippen MR) is 133 cm³/mol. The quantitative estimate of drug-likeness (QED) is 0.377. The minimum atomic E-state index is -0.327. The fraction of sp³-hybridized carbons (Fsp3) is 0.192. The van der Waals surface area contributed by atoms with Crippen molar-refractivity contribution in [1.82, 2.24) is 9.97 Å². The average molecular weight is 473 g/mol. The molecule has 1 aliphatic heterocycles. The van der Waals surface area contributed by atoms with Crippen LogP contribution in [0.5, 0.6) is 11.5 Å². The predicted octanol–water partition coefficient (Wildman–Crippen LogP) is 5.65. The maximum atomic E-state index is 12.9. The first-order valence-corrected chi connectivity index (χ1v) is 11.7. The van der Waals surface area contributed by atoms with Gasteiger partial charge in [-0.15, -0.1) is 11.3 Å². The highest BCUT2D eigenvalue weighted by atomic mass is 32.1. The number of hydrogen-bond acceptors (Lipinski definition) is 7. The number of rotatable bonds is 6. The summed E-state index contributed by atoms with van der Waals surface area (Å²) in [5.74, 6) is 1.76. The smallest absolute Gasteiger partial charge is 0.256 e. The normalized spacial score (nSPS) is 12.9. The molecule has 5 rings (SSSR count). The molecule has 2 N–H and O–H groups in total. The first-order chi connectivity index (χ1) is 16.5. The summed E-state index contributed by atoms with van der Waals surface area (Å²) in [7, 11) is 0. The molecule has 2 aromatic carbocycles. The van der Waals surface area contributed by atoms with Gasteiger partial charge in [0.05, 0.1) is 6.04 Å². The Kier molecular flexibility index (Phi) is 5.90. The number of hydrogen-bond donors (Lipinski definition) is 2. The highest BCUT2D eigenvalue weighted by Crippen LogP contribution is 2.41. The minimum absolute atomic E-state index is 0.157. The van der Waals surface area contributed by atoms with Crippen LogP contribution in [-0.4, -0.2) is 22.7 Å². The minimum Gasteiger partial charge on any atom is -0.454 e. The molecule has 0 fully saturated rings. The SMILES string of the molecule is Cc1cc(C)nc(N[C@H](c2ccc3c(c2)OCO3)c2cc(C)sc2NC(=O)c2ccccc2)n1. The largest absolute Gasteiger partial charge is 0.454 e. The summed E-state index contributed by atoms with van der Waals surface area (Å²) in [6, 6.07) is 18.7. The Morgan fingerprint density at radius 1 is 0.941 bits per heavy atom. The summed E-state index contributed by atoms with van der Waals surface area (Å²) >= 11 is 1.53. The van der Waals surface area contributed by atoms with E-state index in [-0.39, 0.29) is 18.7 Å². The van der Waals surface area contributed by atoms with Crippen LogP contribution in [0, 0.1) is 20.8 Å². The molecule has 2 aromatic heterocycles. The molecule has 0 unspecified atom stereocenters. The van der Waals surface area contributed by atoms with E-state index in [0.717, 1.165) is 32.4 Å². The third kappa shape index (κ3) is 4.58. The molecule has 1 amide bonds. The Morgan fingerprint density at radius 2 is 1.68 bits per heavy atom. The van der Waals surface area contributed by atoms with E-state index in [1.807, 2.05) is 63.2 Å². The molecule has 0 saturated heterocycles. The molecule has 34 heavy (non-hydrogen) atoms. The molecular formula is C26H24N4O3S. The molecule has 1 atom stereocenters. The number of amides is 1. The standard InChI is InChI=1S/C26H24N4O3S/c1-15-11-16(2)28-26(27-15)29-23(19-9-10-21-22(13-19)33-14-32-21)20-12-17(3)34-25(20)30-24(31)18-7-5-4-6-8-18/h4-13,23H,14H2,1-3H3,(H,30,31)(H,27,28,29)/t23-/m1/s1. The van der Waals surface area contributed by atoms with Crippen LogP contribution in [0.15, 0.2) is 60.7 Å². The van der Waals surface area contributed by atoms with Gasteiger partial charge in [0.25, 0.3) is 5.91 Å². The zero-order valence-corrected chi connectivity index (χ0v) is 19.9. The maximum Gasteiger partial charge on any atom is 0.256 e. The second-order valence-corrected chi connectivity index (χ2v) is 9.38. The third-order valence-electron chi connectivity index (χ3n) is 5.44. The van der Waals surface area contributed by atoms with Crippen molar-refractivity contribution in [3.63, 3.8) is 0 Å². The van der Waals surface area contributed by atoms with Crippen molar-refractivity contribution >= 4 is 28.2 Å².